The lowest BCUT2D eigenvalue weighted by molar-refractivity contribution is 0.0955. The molecule has 0 aliphatic heterocycles. The maximum atomic E-state index is 11.7. The molecule has 2 aromatic rings. The number of aryl methyl sites for hydroxylation is 1. The van der Waals surface area contributed by atoms with Gasteiger partial charge in [0.2, 0.25) is 0 Å². The summed E-state index contributed by atoms with van der Waals surface area (Å²) in [4.78, 5) is 15.5. The number of aromatic nitrogens is 1. The molecule has 0 radical (unpaired) electrons. The van der Waals surface area contributed by atoms with Gasteiger partial charge in [0, 0.05) is 12.4 Å². The molecule has 96 valence electrons. The first-order valence-corrected chi connectivity index (χ1v) is 6.12. The summed E-state index contributed by atoms with van der Waals surface area (Å²) in [5.41, 5.74) is 5.18. The molecular weight excluding hydrogens is 238 g/mol. The first-order chi connectivity index (χ1) is 9.29. The Hall–Kier alpha value is -2.49. The highest BCUT2D eigenvalue weighted by molar-refractivity contribution is 5.94. The van der Waals surface area contributed by atoms with E-state index in [0.717, 1.165) is 12.0 Å². The van der Waals surface area contributed by atoms with E-state index in [2.05, 4.69) is 22.4 Å². The zero-order valence-electron chi connectivity index (χ0n) is 10.7. The molecule has 4 nitrogen and oxygen atoms in total. The first-order valence-electron chi connectivity index (χ1n) is 6.12. The number of carbonyl (C=O) groups is 1. The summed E-state index contributed by atoms with van der Waals surface area (Å²) in [6.45, 7) is 2.11. The molecule has 0 atom stereocenters. The first kappa shape index (κ1) is 13.0. The van der Waals surface area contributed by atoms with Crippen LogP contribution >= 0.6 is 0 Å². The van der Waals surface area contributed by atoms with Crippen LogP contribution in [0, 0.1) is 0 Å². The van der Waals surface area contributed by atoms with Crippen molar-refractivity contribution in [2.24, 2.45) is 5.10 Å². The van der Waals surface area contributed by atoms with E-state index in [4.69, 9.17) is 0 Å². The van der Waals surface area contributed by atoms with E-state index in [0.29, 0.717) is 5.56 Å². The fourth-order valence-corrected chi connectivity index (χ4v) is 1.57. The average molecular weight is 253 g/mol. The molecule has 0 spiro atoms. The minimum absolute atomic E-state index is 0.269. The van der Waals surface area contributed by atoms with Crippen LogP contribution in [0.2, 0.25) is 0 Å². The molecule has 1 aromatic carbocycles. The molecule has 19 heavy (non-hydrogen) atoms. The zero-order valence-corrected chi connectivity index (χ0v) is 10.7. The fourth-order valence-electron chi connectivity index (χ4n) is 1.57. The number of carbonyl (C=O) groups excluding carboxylic acids is 1. The largest absolute Gasteiger partial charge is 0.272 e. The van der Waals surface area contributed by atoms with Gasteiger partial charge in [-0.3, -0.25) is 9.78 Å². The number of hydrazone groups is 1. The van der Waals surface area contributed by atoms with Gasteiger partial charge in [0.15, 0.2) is 0 Å². The number of nitrogens with zero attached hydrogens (tertiary/aromatic N) is 2. The molecule has 1 N–H and O–H groups in total. The van der Waals surface area contributed by atoms with E-state index in [1.807, 2.05) is 24.3 Å². The summed E-state index contributed by atoms with van der Waals surface area (Å²) >= 11 is 0. The lowest BCUT2D eigenvalue weighted by Crippen LogP contribution is -2.17. The number of amides is 1. The molecule has 0 saturated heterocycles. The van der Waals surface area contributed by atoms with Gasteiger partial charge in [-0.15, -0.1) is 0 Å². The van der Waals surface area contributed by atoms with Crippen LogP contribution in [0.1, 0.15) is 28.4 Å². The van der Waals surface area contributed by atoms with Crippen molar-refractivity contribution in [1.29, 1.82) is 0 Å². The van der Waals surface area contributed by atoms with Crippen molar-refractivity contribution in [3.63, 3.8) is 0 Å². The fraction of sp³-hybridized carbons (Fsp3) is 0.133. The Bertz CT molecular complexity index is 562. The van der Waals surface area contributed by atoms with Crippen LogP contribution in [0.15, 0.2) is 53.9 Å². The quantitative estimate of drug-likeness (QED) is 0.672. The number of benzene rings is 1. The molecule has 0 aliphatic carbocycles. The van der Waals surface area contributed by atoms with Gasteiger partial charge in [0.05, 0.1) is 11.8 Å². The van der Waals surface area contributed by atoms with Crippen molar-refractivity contribution in [3.05, 3.63) is 65.5 Å². The van der Waals surface area contributed by atoms with E-state index in [9.17, 15) is 4.79 Å². The summed E-state index contributed by atoms with van der Waals surface area (Å²) in [5.74, 6) is -0.269. The van der Waals surface area contributed by atoms with Crippen molar-refractivity contribution in [3.8, 4) is 0 Å². The highest BCUT2D eigenvalue weighted by Gasteiger charge is 2.02. The maximum Gasteiger partial charge on any atom is 0.272 e. The Balaban J connectivity index is 1.94. The second-order valence-corrected chi connectivity index (χ2v) is 4.04. The molecule has 1 heterocycles. The molecule has 2 rings (SSSR count). The van der Waals surface area contributed by atoms with Gasteiger partial charge in [-0.05, 0) is 29.7 Å². The van der Waals surface area contributed by atoms with Crippen molar-refractivity contribution in [2.75, 3.05) is 0 Å². The number of hydrogen-bond acceptors (Lipinski definition) is 3. The predicted molar refractivity (Wildman–Crippen MR) is 75.1 cm³/mol. The second-order valence-electron chi connectivity index (χ2n) is 4.04. The normalized spacial score (nSPS) is 10.6. The van der Waals surface area contributed by atoms with Crippen LogP contribution in [-0.2, 0) is 6.42 Å². The Kier molecular flexibility index (Phi) is 4.39. The second kappa shape index (κ2) is 6.44. The van der Waals surface area contributed by atoms with Gasteiger partial charge in [-0.1, -0.05) is 31.2 Å². The third-order valence-electron chi connectivity index (χ3n) is 2.69. The molecule has 0 bridgehead atoms. The van der Waals surface area contributed by atoms with Crippen LogP contribution in [-0.4, -0.2) is 17.1 Å². The predicted octanol–water partition coefficient (Wildman–Crippen LogP) is 2.41. The minimum atomic E-state index is -0.269. The average Bonchev–Trinajstić information content (AvgIpc) is 2.49. The van der Waals surface area contributed by atoms with Crippen LogP contribution < -0.4 is 5.43 Å². The van der Waals surface area contributed by atoms with Crippen LogP contribution in [0.4, 0.5) is 0 Å². The molecule has 4 heteroatoms. The third-order valence-corrected chi connectivity index (χ3v) is 2.69. The van der Waals surface area contributed by atoms with Crippen molar-refractivity contribution in [1.82, 2.24) is 10.4 Å². The Labute approximate surface area is 112 Å². The number of pyridine rings is 1. The molecule has 1 aromatic heterocycles. The molecular formula is C15H15N3O. The maximum absolute atomic E-state index is 11.7. The summed E-state index contributed by atoms with van der Waals surface area (Å²) in [6, 6.07) is 11.4. The Morgan fingerprint density at radius 2 is 2.11 bits per heavy atom. The zero-order chi connectivity index (χ0) is 13.5. The highest BCUT2D eigenvalue weighted by Crippen LogP contribution is 2.02. The molecule has 0 unspecified atom stereocenters. The molecule has 0 saturated carbocycles. The van der Waals surface area contributed by atoms with Gasteiger partial charge in [-0.2, -0.15) is 5.10 Å². The van der Waals surface area contributed by atoms with Gasteiger partial charge in [0.25, 0.3) is 5.91 Å². The van der Waals surface area contributed by atoms with Gasteiger partial charge in [0.1, 0.15) is 0 Å². The van der Waals surface area contributed by atoms with E-state index in [-0.39, 0.29) is 5.91 Å². The highest BCUT2D eigenvalue weighted by atomic mass is 16.2. The summed E-state index contributed by atoms with van der Waals surface area (Å²) in [6.07, 6.45) is 5.75. The SMILES string of the molecule is CCc1ccc(/C=N\NC(=O)c2cccnc2)cc1. The van der Waals surface area contributed by atoms with Gasteiger partial charge >= 0.3 is 0 Å². The Morgan fingerprint density at radius 3 is 2.74 bits per heavy atom. The summed E-state index contributed by atoms with van der Waals surface area (Å²) < 4.78 is 0. The van der Waals surface area contributed by atoms with E-state index in [1.54, 1.807) is 24.5 Å². The molecule has 0 aliphatic rings. The lowest BCUT2D eigenvalue weighted by atomic mass is 10.1. The van der Waals surface area contributed by atoms with E-state index < -0.39 is 0 Å². The standard InChI is InChI=1S/C15H15N3O/c1-2-12-5-7-13(8-6-12)10-17-18-15(19)14-4-3-9-16-11-14/h3-11H,2H2,1H3,(H,18,19)/b17-10-. The lowest BCUT2D eigenvalue weighted by Gasteiger charge is -1.99. The van der Waals surface area contributed by atoms with Gasteiger partial charge in [-0.25, -0.2) is 5.43 Å². The monoisotopic (exact) mass is 253 g/mol. The third kappa shape index (κ3) is 3.74. The smallest absolute Gasteiger partial charge is 0.267 e. The number of hydrogen-bond donors (Lipinski definition) is 1. The number of rotatable bonds is 4. The van der Waals surface area contributed by atoms with Crippen molar-refractivity contribution in [2.45, 2.75) is 13.3 Å². The van der Waals surface area contributed by atoms with Gasteiger partial charge < -0.3 is 0 Å². The van der Waals surface area contributed by atoms with Crippen molar-refractivity contribution < 1.29 is 4.79 Å². The van der Waals surface area contributed by atoms with Crippen LogP contribution in [0.25, 0.3) is 0 Å². The Morgan fingerprint density at radius 1 is 1.32 bits per heavy atom. The van der Waals surface area contributed by atoms with Crippen LogP contribution in [0.5, 0.6) is 0 Å². The van der Waals surface area contributed by atoms with E-state index in [1.165, 1.54) is 11.8 Å². The topological polar surface area (TPSA) is 54.4 Å². The molecule has 0 fully saturated rings. The summed E-state index contributed by atoms with van der Waals surface area (Å²) in [7, 11) is 0. The summed E-state index contributed by atoms with van der Waals surface area (Å²) in [5, 5.41) is 3.92. The van der Waals surface area contributed by atoms with E-state index >= 15 is 0 Å². The minimum Gasteiger partial charge on any atom is -0.267 e. The van der Waals surface area contributed by atoms with Crippen molar-refractivity contribution >= 4 is 12.1 Å². The molecule has 1 amide bonds. The number of nitrogens with one attached hydrogen (secondary N) is 1. The van der Waals surface area contributed by atoms with Crippen LogP contribution in [0.3, 0.4) is 0 Å².